The van der Waals surface area contributed by atoms with Crippen LogP contribution in [0.1, 0.15) is 62.4 Å². The van der Waals surface area contributed by atoms with Gasteiger partial charge in [0.25, 0.3) is 0 Å². The summed E-state index contributed by atoms with van der Waals surface area (Å²) in [6, 6.07) is 50.1. The van der Waals surface area contributed by atoms with Crippen molar-refractivity contribution in [2.24, 2.45) is 0 Å². The van der Waals surface area contributed by atoms with Crippen LogP contribution in [0.3, 0.4) is 0 Å². The molecule has 8 aromatic carbocycles. The fourth-order valence-corrected chi connectivity index (χ4v) is 8.79. The lowest BCUT2D eigenvalue weighted by molar-refractivity contribution is 0.591. The minimum absolute atomic E-state index is 0.0472. The Hall–Kier alpha value is -5.40. The van der Waals surface area contributed by atoms with E-state index >= 15 is 0 Å². The Morgan fingerprint density at radius 3 is 1.76 bits per heavy atom. The topological polar surface area (TPSA) is 3.24 Å². The molecule has 0 amide bonds. The van der Waals surface area contributed by atoms with Gasteiger partial charge in [-0.25, -0.2) is 0 Å². The Labute approximate surface area is 296 Å². The number of benzene rings is 8. The van der Waals surface area contributed by atoms with Crippen molar-refractivity contribution in [2.45, 2.75) is 59.3 Å². The predicted molar refractivity (Wildman–Crippen MR) is 216 cm³/mol. The smallest absolute Gasteiger partial charge is 0.0465 e. The van der Waals surface area contributed by atoms with Crippen LogP contribution in [-0.4, -0.2) is 0 Å². The number of para-hydroxylation sites is 2. The maximum absolute atomic E-state index is 2.53. The van der Waals surface area contributed by atoms with Crippen molar-refractivity contribution < 1.29 is 0 Å². The molecule has 0 N–H and O–H groups in total. The van der Waals surface area contributed by atoms with Crippen molar-refractivity contribution in [3.05, 3.63) is 161 Å². The van der Waals surface area contributed by atoms with Gasteiger partial charge in [-0.1, -0.05) is 120 Å². The molecule has 0 bridgehead atoms. The van der Waals surface area contributed by atoms with Crippen molar-refractivity contribution in [3.63, 3.8) is 0 Å². The van der Waals surface area contributed by atoms with Crippen molar-refractivity contribution >= 4 is 49.4 Å². The van der Waals surface area contributed by atoms with Gasteiger partial charge in [0.05, 0.1) is 0 Å². The molecular formula is C49H43N. The van der Waals surface area contributed by atoms with E-state index in [0.29, 0.717) is 0 Å². The molecule has 1 aliphatic rings. The third kappa shape index (κ3) is 4.46. The summed E-state index contributed by atoms with van der Waals surface area (Å²) in [4.78, 5) is 2.39. The third-order valence-electron chi connectivity index (χ3n) is 11.4. The molecule has 0 spiro atoms. The number of aryl methyl sites for hydroxylation is 2. The first-order valence-electron chi connectivity index (χ1n) is 17.9. The molecule has 1 heteroatoms. The Morgan fingerprint density at radius 1 is 0.480 bits per heavy atom. The molecule has 8 aromatic rings. The Bertz CT molecular complexity index is 2540. The van der Waals surface area contributed by atoms with E-state index in [9.17, 15) is 0 Å². The largest absolute Gasteiger partial charge is 0.310 e. The zero-order chi connectivity index (χ0) is 34.5. The van der Waals surface area contributed by atoms with Crippen molar-refractivity contribution in [1.82, 2.24) is 0 Å². The molecule has 9 rings (SSSR count). The number of hydrogen-bond acceptors (Lipinski definition) is 1. The normalized spacial score (nSPS) is 13.7. The SMILES string of the molecule is Cc1cccc(C)c1-c1cc2c3c(cc4cc(C(C)(C)C)cc5ccc1c3c54)C(C)(C)c1cc(N(c3ccccc3)c3ccccc3)ccc1-2. The highest BCUT2D eigenvalue weighted by molar-refractivity contribution is 6.30. The van der Waals surface area contributed by atoms with E-state index in [1.165, 1.54) is 88.1 Å². The fourth-order valence-electron chi connectivity index (χ4n) is 8.79. The predicted octanol–water partition coefficient (Wildman–Crippen LogP) is 13.9. The average molecular weight is 646 g/mol. The van der Waals surface area contributed by atoms with Gasteiger partial charge in [-0.3, -0.25) is 0 Å². The van der Waals surface area contributed by atoms with Crippen LogP contribution in [0.25, 0.3) is 54.6 Å². The quantitative estimate of drug-likeness (QED) is 0.172. The lowest BCUT2D eigenvalue weighted by Crippen LogP contribution is -2.25. The molecule has 0 aromatic heterocycles. The molecule has 0 fully saturated rings. The summed E-state index contributed by atoms with van der Waals surface area (Å²) in [6.45, 7) is 16.4. The molecule has 0 saturated carbocycles. The van der Waals surface area contributed by atoms with Crippen LogP contribution in [0, 0.1) is 13.8 Å². The highest BCUT2D eigenvalue weighted by atomic mass is 15.1. The molecular weight excluding hydrogens is 603 g/mol. The van der Waals surface area contributed by atoms with Gasteiger partial charge in [0.2, 0.25) is 0 Å². The van der Waals surface area contributed by atoms with Crippen LogP contribution in [0.15, 0.2) is 133 Å². The minimum Gasteiger partial charge on any atom is -0.310 e. The van der Waals surface area contributed by atoms with E-state index in [2.05, 4.69) is 187 Å². The zero-order valence-corrected chi connectivity index (χ0v) is 30.1. The summed E-state index contributed by atoms with van der Waals surface area (Å²) in [7, 11) is 0. The number of hydrogen-bond donors (Lipinski definition) is 0. The molecule has 1 aliphatic carbocycles. The van der Waals surface area contributed by atoms with Crippen LogP contribution in [0.2, 0.25) is 0 Å². The Kier molecular flexibility index (Phi) is 6.62. The number of nitrogens with zero attached hydrogens (tertiary/aromatic N) is 1. The monoisotopic (exact) mass is 645 g/mol. The summed E-state index contributed by atoms with van der Waals surface area (Å²) in [5.74, 6) is 0. The lowest BCUT2D eigenvalue weighted by atomic mass is 9.66. The van der Waals surface area contributed by atoms with E-state index in [4.69, 9.17) is 0 Å². The lowest BCUT2D eigenvalue weighted by Gasteiger charge is -2.38. The molecule has 50 heavy (non-hydrogen) atoms. The maximum Gasteiger partial charge on any atom is 0.0465 e. The van der Waals surface area contributed by atoms with E-state index in [-0.39, 0.29) is 10.8 Å². The van der Waals surface area contributed by atoms with Crippen LogP contribution in [0.5, 0.6) is 0 Å². The van der Waals surface area contributed by atoms with Gasteiger partial charge in [-0.05, 0) is 150 Å². The molecule has 0 saturated heterocycles. The summed E-state index contributed by atoms with van der Waals surface area (Å²) < 4.78 is 0. The van der Waals surface area contributed by atoms with Gasteiger partial charge in [-0.2, -0.15) is 0 Å². The summed E-state index contributed by atoms with van der Waals surface area (Å²) >= 11 is 0. The van der Waals surface area contributed by atoms with Crippen molar-refractivity contribution in [1.29, 1.82) is 0 Å². The van der Waals surface area contributed by atoms with Crippen LogP contribution in [-0.2, 0) is 10.8 Å². The minimum atomic E-state index is -0.234. The highest BCUT2D eigenvalue weighted by Crippen LogP contribution is 2.55. The molecule has 0 atom stereocenters. The molecule has 0 radical (unpaired) electrons. The first-order chi connectivity index (χ1) is 24.0. The molecule has 0 heterocycles. The van der Waals surface area contributed by atoms with Crippen LogP contribution >= 0.6 is 0 Å². The van der Waals surface area contributed by atoms with Crippen molar-refractivity contribution in [2.75, 3.05) is 4.90 Å². The molecule has 0 aliphatic heterocycles. The first-order valence-corrected chi connectivity index (χ1v) is 17.9. The fraction of sp³-hybridized carbons (Fsp3) is 0.184. The van der Waals surface area contributed by atoms with E-state index in [0.717, 1.165) is 11.4 Å². The maximum atomic E-state index is 2.53. The van der Waals surface area contributed by atoms with E-state index in [1.807, 2.05) is 0 Å². The van der Waals surface area contributed by atoms with E-state index in [1.54, 1.807) is 0 Å². The van der Waals surface area contributed by atoms with Gasteiger partial charge in [-0.15, -0.1) is 0 Å². The molecule has 0 unspecified atom stereocenters. The van der Waals surface area contributed by atoms with Gasteiger partial charge in [0.1, 0.15) is 0 Å². The standard InChI is InChI=1S/C49H43N/c1-30-15-14-16-31(2)44(30)41-29-40-38-24-22-37(50(35-17-10-8-11-18-35)36-19-12-9-13-20-36)28-42(38)49(6,7)43-27-33-26-34(48(3,4)5)25-32-21-23-39(41)47(45(32)33)46(40)43/h8-29H,1-7H3. The summed E-state index contributed by atoms with van der Waals surface area (Å²) in [6.07, 6.45) is 0. The first kappa shape index (κ1) is 30.6. The second kappa shape index (κ2) is 10.8. The second-order valence-corrected chi connectivity index (χ2v) is 15.9. The summed E-state index contributed by atoms with van der Waals surface area (Å²) in [5, 5.41) is 8.22. The third-order valence-corrected chi connectivity index (χ3v) is 11.4. The molecule has 244 valence electrons. The van der Waals surface area contributed by atoms with Gasteiger partial charge >= 0.3 is 0 Å². The number of fused-ring (bicyclic) bond motifs is 2. The van der Waals surface area contributed by atoms with Crippen molar-refractivity contribution in [3.8, 4) is 22.3 Å². The van der Waals surface area contributed by atoms with E-state index < -0.39 is 0 Å². The van der Waals surface area contributed by atoms with Crippen LogP contribution < -0.4 is 4.90 Å². The Balaban J connectivity index is 1.41. The Morgan fingerprint density at radius 2 is 1.12 bits per heavy atom. The number of anilines is 3. The van der Waals surface area contributed by atoms with Crippen LogP contribution in [0.4, 0.5) is 17.1 Å². The van der Waals surface area contributed by atoms with Gasteiger partial charge in [0, 0.05) is 22.5 Å². The summed E-state index contributed by atoms with van der Waals surface area (Å²) in [5.41, 5.74) is 15.4. The number of rotatable bonds is 4. The zero-order valence-electron chi connectivity index (χ0n) is 30.1. The highest BCUT2D eigenvalue weighted by Gasteiger charge is 2.36. The molecule has 1 nitrogen and oxygen atoms in total. The van der Waals surface area contributed by atoms with Gasteiger partial charge in [0.15, 0.2) is 0 Å². The second-order valence-electron chi connectivity index (χ2n) is 15.9. The van der Waals surface area contributed by atoms with Gasteiger partial charge < -0.3 is 4.90 Å². The average Bonchev–Trinajstić information content (AvgIpc) is 3.10.